The molecule has 0 aromatic heterocycles. The standard InChI is InChI=1S/C59H67ClF4N8O7S3/c1-58(2)24-22-49(41-9-13-44(60)14-10-41)43(36-58)38-71-30-32-72(33-31-71)46-15-11-42(12-16-46)56(74)68-82(78,79)48-17-19-51(54(35-48)81(76,77)59(62,63)64)65-45(39-80-47-6-4-3-5-7-47)23-25-69-26-28-70(29-27-69)37-40-8-18-50(61)53(34-40)66-52-20-21-55(73)67-57(52)75/h3-19,34-35,45,52,65-66H,20-33,36-39H2,1-2H3,(H,68,74)(H,67,73,75)/t45-,52?/m1/s1. The molecule has 0 bridgehead atoms. The number of anilines is 3. The van der Waals surface area contributed by atoms with E-state index in [-0.39, 0.29) is 35.4 Å². The number of imide groups is 1. The van der Waals surface area contributed by atoms with Gasteiger partial charge >= 0.3 is 5.51 Å². The summed E-state index contributed by atoms with van der Waals surface area (Å²) in [5.41, 5.74) is -0.285. The predicted octanol–water partition coefficient (Wildman–Crippen LogP) is 9.68. The van der Waals surface area contributed by atoms with Gasteiger partial charge in [0.05, 0.1) is 16.3 Å². The molecule has 5 aromatic carbocycles. The quantitative estimate of drug-likeness (QED) is 0.0329. The number of piperidine rings is 1. The van der Waals surface area contributed by atoms with Crippen LogP contribution in [0.4, 0.5) is 34.6 Å². The fourth-order valence-electron chi connectivity index (χ4n) is 10.9. The molecule has 15 nitrogen and oxygen atoms in total. The average molecular weight is 1210 g/mol. The Morgan fingerprint density at radius 3 is 2.15 bits per heavy atom. The largest absolute Gasteiger partial charge is 0.501 e. The van der Waals surface area contributed by atoms with Crippen LogP contribution < -0.4 is 25.6 Å². The third-order valence-electron chi connectivity index (χ3n) is 15.5. The molecule has 0 saturated carbocycles. The fourth-order valence-corrected chi connectivity index (χ4v) is 14.0. The molecule has 3 amide bonds. The molecule has 3 aliphatic heterocycles. The number of sulfone groups is 1. The molecular weight excluding hydrogens is 1140 g/mol. The number of carbonyl (C=O) groups is 3. The molecule has 1 unspecified atom stereocenters. The van der Waals surface area contributed by atoms with Gasteiger partial charge in [-0.05, 0) is 133 Å². The smallest absolute Gasteiger partial charge is 0.380 e. The van der Waals surface area contributed by atoms with Gasteiger partial charge < -0.3 is 20.4 Å². The van der Waals surface area contributed by atoms with Crippen LogP contribution in [0.5, 0.6) is 0 Å². The number of thioether (sulfide) groups is 1. The number of amides is 3. The third kappa shape index (κ3) is 15.4. The molecule has 3 fully saturated rings. The molecule has 4 N–H and O–H groups in total. The summed E-state index contributed by atoms with van der Waals surface area (Å²) in [6, 6.07) is 29.3. The van der Waals surface area contributed by atoms with Crippen LogP contribution >= 0.6 is 23.4 Å². The topological polar surface area (TPSA) is 181 Å². The number of halogens is 5. The Hall–Kier alpha value is -6.01. The lowest BCUT2D eigenvalue weighted by atomic mass is 9.73. The van der Waals surface area contributed by atoms with Crippen LogP contribution in [-0.2, 0) is 36.0 Å². The van der Waals surface area contributed by atoms with Crippen molar-refractivity contribution in [2.24, 2.45) is 5.41 Å². The van der Waals surface area contributed by atoms with Crippen LogP contribution in [0.3, 0.4) is 0 Å². The number of rotatable bonds is 20. The molecule has 3 heterocycles. The number of alkyl halides is 3. The second-order valence-corrected chi connectivity index (χ2v) is 27.2. The Balaban J connectivity index is 0.829. The highest BCUT2D eigenvalue weighted by atomic mass is 35.5. The molecule has 2 atom stereocenters. The first-order valence-electron chi connectivity index (χ1n) is 27.3. The zero-order chi connectivity index (χ0) is 58.4. The van der Waals surface area contributed by atoms with Gasteiger partial charge in [-0.3, -0.25) is 29.5 Å². The predicted molar refractivity (Wildman–Crippen MR) is 313 cm³/mol. The molecule has 0 spiro atoms. The number of nitrogens with one attached hydrogen (secondary N) is 4. The highest BCUT2D eigenvalue weighted by molar-refractivity contribution is 7.99. The maximum Gasteiger partial charge on any atom is 0.501 e. The monoisotopic (exact) mass is 1210 g/mol. The minimum atomic E-state index is -6.15. The molecule has 0 radical (unpaired) electrons. The summed E-state index contributed by atoms with van der Waals surface area (Å²) < 4.78 is 114. The highest BCUT2D eigenvalue weighted by Crippen LogP contribution is 2.43. The normalized spacial score (nSPS) is 19.2. The van der Waals surface area contributed by atoms with E-state index >= 15 is 0 Å². The molecule has 9 rings (SSSR count). The second kappa shape index (κ2) is 25.9. The van der Waals surface area contributed by atoms with Crippen molar-refractivity contribution in [3.8, 4) is 0 Å². The number of nitrogens with zero attached hydrogens (tertiary/aromatic N) is 4. The number of piperazine rings is 2. The maximum absolute atomic E-state index is 14.8. The molecule has 4 aliphatic rings. The van der Waals surface area contributed by atoms with Crippen LogP contribution in [0.2, 0.25) is 5.02 Å². The fraction of sp³-hybridized carbons (Fsp3) is 0.407. The summed E-state index contributed by atoms with van der Waals surface area (Å²) in [4.78, 5) is 45.1. The van der Waals surface area contributed by atoms with Gasteiger partial charge in [0.2, 0.25) is 11.8 Å². The van der Waals surface area contributed by atoms with Crippen molar-refractivity contribution in [3.63, 3.8) is 0 Å². The van der Waals surface area contributed by atoms with Crippen molar-refractivity contribution in [1.82, 2.24) is 24.7 Å². The number of allylic oxidation sites excluding steroid dienone is 1. The highest BCUT2D eigenvalue weighted by Gasteiger charge is 2.48. The van der Waals surface area contributed by atoms with Crippen molar-refractivity contribution >= 4 is 83.6 Å². The molecule has 3 saturated heterocycles. The van der Waals surface area contributed by atoms with E-state index in [2.05, 4.69) is 61.5 Å². The van der Waals surface area contributed by atoms with E-state index < -0.39 is 70.6 Å². The summed E-state index contributed by atoms with van der Waals surface area (Å²) in [5.74, 6) is -2.17. The lowest BCUT2D eigenvalue weighted by Crippen LogP contribution is -2.47. The third-order valence-corrected chi connectivity index (χ3v) is 19.8. The summed E-state index contributed by atoms with van der Waals surface area (Å²) in [6.45, 7) is 11.9. The molecule has 23 heteroatoms. The molecule has 1 aliphatic carbocycles. The number of hydrogen-bond acceptors (Lipinski definition) is 14. The Kier molecular flexibility index (Phi) is 19.1. The van der Waals surface area contributed by atoms with Crippen molar-refractivity contribution in [2.45, 2.75) is 91.2 Å². The van der Waals surface area contributed by atoms with E-state index in [1.807, 2.05) is 47.2 Å². The molecular formula is C59H67ClF4N8O7S3. The van der Waals surface area contributed by atoms with Crippen LogP contribution in [-0.4, -0.2) is 138 Å². The first-order chi connectivity index (χ1) is 39.0. The van der Waals surface area contributed by atoms with E-state index in [0.717, 1.165) is 67.2 Å². The van der Waals surface area contributed by atoms with E-state index in [9.17, 15) is 48.8 Å². The van der Waals surface area contributed by atoms with E-state index in [0.29, 0.717) is 75.6 Å². The lowest BCUT2D eigenvalue weighted by Gasteiger charge is -2.39. The van der Waals surface area contributed by atoms with Crippen LogP contribution in [0, 0.1) is 11.2 Å². The maximum atomic E-state index is 14.8. The van der Waals surface area contributed by atoms with Gasteiger partial charge in [0.1, 0.15) is 16.8 Å². The van der Waals surface area contributed by atoms with Gasteiger partial charge in [0.15, 0.2) is 0 Å². The van der Waals surface area contributed by atoms with Gasteiger partial charge in [-0.1, -0.05) is 67.4 Å². The van der Waals surface area contributed by atoms with E-state index in [1.54, 1.807) is 24.3 Å². The Morgan fingerprint density at radius 1 is 0.793 bits per heavy atom. The second-order valence-electron chi connectivity index (χ2n) is 22.1. The first-order valence-corrected chi connectivity index (χ1v) is 31.7. The zero-order valence-electron chi connectivity index (χ0n) is 45.6. The molecule has 82 heavy (non-hydrogen) atoms. The van der Waals surface area contributed by atoms with E-state index in [4.69, 9.17) is 11.6 Å². The number of benzene rings is 5. The molecule has 5 aromatic rings. The summed E-state index contributed by atoms with van der Waals surface area (Å²) in [6.07, 6.45) is 3.85. The van der Waals surface area contributed by atoms with Crippen molar-refractivity contribution in [2.75, 3.05) is 86.7 Å². The SMILES string of the molecule is CC1(C)CCC(c2ccc(Cl)cc2)=C(CN2CCN(c3ccc(C(=O)NS(=O)(=O)c4ccc(N[C@H](CCN5CCN(Cc6ccc(F)c(NC7CCC(=O)NC7=O)c6)CC5)CSc5ccccc5)c(S(=O)(=O)C(F)(F)F)c4)cc3)CC2)C1. The Labute approximate surface area is 486 Å². The summed E-state index contributed by atoms with van der Waals surface area (Å²) in [7, 11) is -11.1. The Bertz CT molecular complexity index is 3380. The van der Waals surface area contributed by atoms with Gasteiger partial charge in [-0.15, -0.1) is 11.8 Å². The summed E-state index contributed by atoms with van der Waals surface area (Å²) >= 11 is 7.62. The lowest BCUT2D eigenvalue weighted by molar-refractivity contribution is -0.133. The van der Waals surface area contributed by atoms with Gasteiger partial charge in [-0.25, -0.2) is 25.9 Å². The number of carbonyl (C=O) groups excluding carboxylic acids is 3. The summed E-state index contributed by atoms with van der Waals surface area (Å²) in [5, 5.41) is 8.91. The zero-order valence-corrected chi connectivity index (χ0v) is 48.8. The van der Waals surface area contributed by atoms with Crippen LogP contribution in [0.25, 0.3) is 5.57 Å². The average Bonchev–Trinajstić information content (AvgIpc) is 2.95. The van der Waals surface area contributed by atoms with Crippen molar-refractivity contribution < 1.29 is 48.8 Å². The van der Waals surface area contributed by atoms with Gasteiger partial charge in [-0.2, -0.15) is 13.2 Å². The number of hydrogen-bond donors (Lipinski definition) is 4. The minimum Gasteiger partial charge on any atom is -0.380 e. The van der Waals surface area contributed by atoms with Crippen molar-refractivity contribution in [1.29, 1.82) is 0 Å². The van der Waals surface area contributed by atoms with Gasteiger partial charge in [0.25, 0.3) is 25.8 Å². The van der Waals surface area contributed by atoms with Crippen LogP contribution in [0.1, 0.15) is 73.9 Å². The Morgan fingerprint density at radius 2 is 1.46 bits per heavy atom. The molecule has 438 valence electrons. The van der Waals surface area contributed by atoms with Crippen molar-refractivity contribution in [3.05, 3.63) is 148 Å². The first kappa shape index (κ1) is 60.6. The van der Waals surface area contributed by atoms with Gasteiger partial charge in [0, 0.05) is 111 Å². The van der Waals surface area contributed by atoms with E-state index in [1.165, 1.54) is 46.7 Å². The number of sulfonamides is 1. The minimum absolute atomic E-state index is 0.0304. The van der Waals surface area contributed by atoms with Crippen LogP contribution in [0.15, 0.2) is 136 Å².